The molecular formula is C15H22N2O2. The van der Waals surface area contributed by atoms with E-state index in [1.807, 2.05) is 25.1 Å². The minimum absolute atomic E-state index is 0.0656. The third-order valence-electron chi connectivity index (χ3n) is 3.54. The lowest BCUT2D eigenvalue weighted by atomic mass is 10.1. The van der Waals surface area contributed by atoms with Crippen LogP contribution in [-0.4, -0.2) is 32.7 Å². The SMILES string of the molecule is COc1ccc(C)cc1CC(=O)NCC1CCNC1. The Morgan fingerprint density at radius 3 is 3.05 bits per heavy atom. The van der Waals surface area contributed by atoms with Gasteiger partial charge in [0.25, 0.3) is 0 Å². The lowest BCUT2D eigenvalue weighted by molar-refractivity contribution is -0.120. The predicted molar refractivity (Wildman–Crippen MR) is 75.4 cm³/mol. The average Bonchev–Trinajstić information content (AvgIpc) is 2.90. The van der Waals surface area contributed by atoms with E-state index in [1.54, 1.807) is 7.11 Å². The van der Waals surface area contributed by atoms with Crippen molar-refractivity contribution in [1.29, 1.82) is 0 Å². The van der Waals surface area contributed by atoms with Crippen molar-refractivity contribution in [1.82, 2.24) is 10.6 Å². The van der Waals surface area contributed by atoms with E-state index in [2.05, 4.69) is 10.6 Å². The number of carbonyl (C=O) groups is 1. The molecule has 1 amide bonds. The van der Waals surface area contributed by atoms with Gasteiger partial charge in [-0.15, -0.1) is 0 Å². The molecule has 1 atom stereocenters. The molecule has 0 radical (unpaired) electrons. The highest BCUT2D eigenvalue weighted by atomic mass is 16.5. The Labute approximate surface area is 114 Å². The number of amides is 1. The van der Waals surface area contributed by atoms with E-state index < -0.39 is 0 Å². The molecule has 2 N–H and O–H groups in total. The van der Waals surface area contributed by atoms with Crippen molar-refractivity contribution in [2.75, 3.05) is 26.7 Å². The molecule has 0 bridgehead atoms. The number of hydrogen-bond donors (Lipinski definition) is 2. The molecule has 1 saturated heterocycles. The summed E-state index contributed by atoms with van der Waals surface area (Å²) in [6.45, 7) is 4.85. The molecule has 1 unspecified atom stereocenters. The first kappa shape index (κ1) is 13.9. The van der Waals surface area contributed by atoms with Crippen LogP contribution in [0, 0.1) is 12.8 Å². The summed E-state index contributed by atoms with van der Waals surface area (Å²) in [5, 5.41) is 6.31. The van der Waals surface area contributed by atoms with Crippen molar-refractivity contribution < 1.29 is 9.53 Å². The Kier molecular flexibility index (Phi) is 4.80. The van der Waals surface area contributed by atoms with Gasteiger partial charge in [-0.3, -0.25) is 4.79 Å². The number of methoxy groups -OCH3 is 1. The summed E-state index contributed by atoms with van der Waals surface area (Å²) >= 11 is 0. The smallest absolute Gasteiger partial charge is 0.224 e. The zero-order valence-electron chi connectivity index (χ0n) is 11.7. The van der Waals surface area contributed by atoms with Crippen molar-refractivity contribution in [2.45, 2.75) is 19.8 Å². The average molecular weight is 262 g/mol. The number of nitrogens with one attached hydrogen (secondary N) is 2. The largest absolute Gasteiger partial charge is 0.496 e. The molecule has 0 saturated carbocycles. The minimum atomic E-state index is 0.0656. The van der Waals surface area contributed by atoms with E-state index in [0.29, 0.717) is 12.3 Å². The van der Waals surface area contributed by atoms with Crippen LogP contribution in [0.5, 0.6) is 5.75 Å². The van der Waals surface area contributed by atoms with Crippen LogP contribution in [0.25, 0.3) is 0 Å². The molecule has 19 heavy (non-hydrogen) atoms. The fraction of sp³-hybridized carbons (Fsp3) is 0.533. The number of ether oxygens (including phenoxy) is 1. The first-order chi connectivity index (χ1) is 9.19. The molecule has 0 aromatic heterocycles. The van der Waals surface area contributed by atoms with E-state index >= 15 is 0 Å². The Balaban J connectivity index is 1.88. The van der Waals surface area contributed by atoms with Gasteiger partial charge in [0.15, 0.2) is 0 Å². The fourth-order valence-corrected chi connectivity index (χ4v) is 2.43. The summed E-state index contributed by atoms with van der Waals surface area (Å²) in [5.41, 5.74) is 2.09. The zero-order valence-corrected chi connectivity index (χ0v) is 11.7. The summed E-state index contributed by atoms with van der Waals surface area (Å²) < 4.78 is 5.29. The highest BCUT2D eigenvalue weighted by molar-refractivity contribution is 5.79. The molecule has 0 spiro atoms. The van der Waals surface area contributed by atoms with Crippen LogP contribution in [0.2, 0.25) is 0 Å². The summed E-state index contributed by atoms with van der Waals surface area (Å²) in [6, 6.07) is 5.92. The van der Waals surface area contributed by atoms with Gasteiger partial charge >= 0.3 is 0 Å². The topological polar surface area (TPSA) is 50.4 Å². The Bertz CT molecular complexity index is 440. The standard InChI is InChI=1S/C15H22N2O2/c1-11-3-4-14(19-2)13(7-11)8-15(18)17-10-12-5-6-16-9-12/h3-4,7,12,16H,5-6,8-10H2,1-2H3,(H,17,18). The quantitative estimate of drug-likeness (QED) is 0.840. The number of hydrogen-bond acceptors (Lipinski definition) is 3. The van der Waals surface area contributed by atoms with Gasteiger partial charge in [-0.25, -0.2) is 0 Å². The number of aryl methyl sites for hydroxylation is 1. The van der Waals surface area contributed by atoms with Gasteiger partial charge in [-0.2, -0.15) is 0 Å². The number of rotatable bonds is 5. The number of carbonyl (C=O) groups excluding carboxylic acids is 1. The lowest BCUT2D eigenvalue weighted by Crippen LogP contribution is -2.31. The molecule has 0 aliphatic carbocycles. The third-order valence-corrected chi connectivity index (χ3v) is 3.54. The van der Waals surface area contributed by atoms with Crippen molar-refractivity contribution in [3.8, 4) is 5.75 Å². The van der Waals surface area contributed by atoms with Crippen molar-refractivity contribution in [3.63, 3.8) is 0 Å². The second-order valence-corrected chi connectivity index (χ2v) is 5.15. The van der Waals surface area contributed by atoms with Gasteiger partial charge in [0.1, 0.15) is 5.75 Å². The lowest BCUT2D eigenvalue weighted by Gasteiger charge is -2.12. The molecule has 2 rings (SSSR count). The van der Waals surface area contributed by atoms with Gasteiger partial charge in [-0.1, -0.05) is 17.7 Å². The van der Waals surface area contributed by atoms with Crippen LogP contribution < -0.4 is 15.4 Å². The highest BCUT2D eigenvalue weighted by Crippen LogP contribution is 2.20. The van der Waals surface area contributed by atoms with E-state index in [4.69, 9.17) is 4.74 Å². The molecule has 1 heterocycles. The van der Waals surface area contributed by atoms with Gasteiger partial charge in [0, 0.05) is 12.1 Å². The Hall–Kier alpha value is -1.55. The maximum atomic E-state index is 12.0. The molecule has 4 nitrogen and oxygen atoms in total. The first-order valence-electron chi connectivity index (χ1n) is 6.80. The van der Waals surface area contributed by atoms with Gasteiger partial charge in [-0.05, 0) is 38.4 Å². The second-order valence-electron chi connectivity index (χ2n) is 5.15. The van der Waals surface area contributed by atoms with Crippen molar-refractivity contribution in [2.24, 2.45) is 5.92 Å². The molecule has 1 aromatic rings. The van der Waals surface area contributed by atoms with E-state index in [9.17, 15) is 4.79 Å². The van der Waals surface area contributed by atoms with Gasteiger partial charge in [0.05, 0.1) is 13.5 Å². The van der Waals surface area contributed by atoms with Crippen LogP contribution in [0.1, 0.15) is 17.5 Å². The minimum Gasteiger partial charge on any atom is -0.496 e. The zero-order chi connectivity index (χ0) is 13.7. The second kappa shape index (κ2) is 6.57. The number of benzene rings is 1. The maximum Gasteiger partial charge on any atom is 0.224 e. The van der Waals surface area contributed by atoms with Gasteiger partial charge in [0.2, 0.25) is 5.91 Å². The first-order valence-corrected chi connectivity index (χ1v) is 6.80. The molecule has 1 aliphatic heterocycles. The molecule has 1 fully saturated rings. The molecular weight excluding hydrogens is 240 g/mol. The monoisotopic (exact) mass is 262 g/mol. The summed E-state index contributed by atoms with van der Waals surface area (Å²) in [6.07, 6.45) is 1.53. The van der Waals surface area contributed by atoms with Crippen LogP contribution in [0.15, 0.2) is 18.2 Å². The van der Waals surface area contributed by atoms with Crippen LogP contribution >= 0.6 is 0 Å². The highest BCUT2D eigenvalue weighted by Gasteiger charge is 2.15. The predicted octanol–water partition coefficient (Wildman–Crippen LogP) is 1.27. The fourth-order valence-electron chi connectivity index (χ4n) is 2.43. The van der Waals surface area contributed by atoms with E-state index in [1.165, 1.54) is 0 Å². The molecule has 104 valence electrons. The van der Waals surface area contributed by atoms with E-state index in [0.717, 1.165) is 42.9 Å². The van der Waals surface area contributed by atoms with Crippen LogP contribution in [-0.2, 0) is 11.2 Å². The summed E-state index contributed by atoms with van der Waals surface area (Å²) in [4.78, 5) is 12.0. The van der Waals surface area contributed by atoms with Crippen LogP contribution in [0.3, 0.4) is 0 Å². The van der Waals surface area contributed by atoms with Crippen molar-refractivity contribution in [3.05, 3.63) is 29.3 Å². The molecule has 1 aliphatic rings. The Morgan fingerprint density at radius 2 is 2.37 bits per heavy atom. The van der Waals surface area contributed by atoms with E-state index in [-0.39, 0.29) is 5.91 Å². The maximum absolute atomic E-state index is 12.0. The normalized spacial score (nSPS) is 18.3. The van der Waals surface area contributed by atoms with Crippen LogP contribution in [0.4, 0.5) is 0 Å². The molecule has 4 heteroatoms. The third kappa shape index (κ3) is 3.96. The molecule has 1 aromatic carbocycles. The van der Waals surface area contributed by atoms with Crippen molar-refractivity contribution >= 4 is 5.91 Å². The summed E-state index contributed by atoms with van der Waals surface area (Å²) in [5.74, 6) is 1.42. The summed E-state index contributed by atoms with van der Waals surface area (Å²) in [7, 11) is 1.64. The van der Waals surface area contributed by atoms with Gasteiger partial charge < -0.3 is 15.4 Å². The Morgan fingerprint density at radius 1 is 1.53 bits per heavy atom.